The van der Waals surface area contributed by atoms with Crippen molar-refractivity contribution in [3.63, 3.8) is 0 Å². The molecule has 1 aromatic carbocycles. The van der Waals surface area contributed by atoms with Crippen LogP contribution in [0, 0.1) is 40.7 Å². The minimum absolute atomic E-state index is 0.246. The number of nitrogens with zero attached hydrogens (tertiary/aromatic N) is 1. The van der Waals surface area contributed by atoms with E-state index in [0.29, 0.717) is 5.92 Å². The standard InChI is InChI=1S/C20H25F2N/c1-2-3-13-4-5-15-9-16(7-6-14(15)8-13)17-10-19(21)18(12-23)20(22)11-17/h10-11,13-16H,2-9H2,1H3/t13-,14-,15-,16-/m1/s1. The lowest BCUT2D eigenvalue weighted by Gasteiger charge is -2.42. The molecule has 2 aliphatic rings. The van der Waals surface area contributed by atoms with Gasteiger partial charge in [0, 0.05) is 0 Å². The zero-order valence-electron chi connectivity index (χ0n) is 13.8. The van der Waals surface area contributed by atoms with Crippen LogP contribution in [0.1, 0.15) is 75.3 Å². The Balaban J connectivity index is 1.70. The molecule has 0 saturated heterocycles. The van der Waals surface area contributed by atoms with Gasteiger partial charge in [-0.05, 0) is 73.5 Å². The molecule has 124 valence electrons. The van der Waals surface area contributed by atoms with E-state index >= 15 is 0 Å². The number of fused-ring (bicyclic) bond motifs is 1. The smallest absolute Gasteiger partial charge is 0.144 e. The van der Waals surface area contributed by atoms with Crippen LogP contribution >= 0.6 is 0 Å². The second kappa shape index (κ2) is 6.99. The maximum absolute atomic E-state index is 13.9. The topological polar surface area (TPSA) is 23.8 Å². The monoisotopic (exact) mass is 317 g/mol. The normalized spacial score (nSPS) is 30.5. The summed E-state index contributed by atoms with van der Waals surface area (Å²) in [4.78, 5) is 0. The predicted octanol–water partition coefficient (Wildman–Crippen LogP) is 5.94. The van der Waals surface area contributed by atoms with Crippen LogP contribution in [-0.4, -0.2) is 0 Å². The highest BCUT2D eigenvalue weighted by molar-refractivity contribution is 5.36. The van der Waals surface area contributed by atoms with E-state index in [1.807, 2.05) is 0 Å². The number of nitriles is 1. The molecule has 0 unspecified atom stereocenters. The van der Waals surface area contributed by atoms with Crippen molar-refractivity contribution in [3.05, 3.63) is 34.9 Å². The molecule has 3 heteroatoms. The SMILES string of the molecule is CCC[C@@H]1CC[C@@H]2C[C@H](c3cc(F)c(C#N)c(F)c3)CC[C@@H]2C1. The summed E-state index contributed by atoms with van der Waals surface area (Å²) in [6.45, 7) is 2.26. The van der Waals surface area contributed by atoms with Crippen molar-refractivity contribution < 1.29 is 8.78 Å². The summed E-state index contributed by atoms with van der Waals surface area (Å²) in [6.07, 6.45) is 9.80. The first-order chi connectivity index (χ1) is 11.1. The summed E-state index contributed by atoms with van der Waals surface area (Å²) in [5, 5.41) is 8.79. The number of rotatable bonds is 3. The summed E-state index contributed by atoms with van der Waals surface area (Å²) in [5.41, 5.74) is 0.288. The molecule has 0 spiro atoms. The highest BCUT2D eigenvalue weighted by atomic mass is 19.1. The van der Waals surface area contributed by atoms with Crippen molar-refractivity contribution in [1.29, 1.82) is 5.26 Å². The van der Waals surface area contributed by atoms with E-state index in [-0.39, 0.29) is 5.92 Å². The predicted molar refractivity (Wildman–Crippen MR) is 86.9 cm³/mol. The fraction of sp³-hybridized carbons (Fsp3) is 0.650. The Morgan fingerprint density at radius 1 is 1.04 bits per heavy atom. The Morgan fingerprint density at radius 2 is 1.70 bits per heavy atom. The van der Waals surface area contributed by atoms with E-state index in [9.17, 15) is 8.78 Å². The second-order valence-electron chi connectivity index (χ2n) is 7.47. The van der Waals surface area contributed by atoms with E-state index in [1.165, 1.54) is 50.7 Å². The fourth-order valence-corrected chi connectivity index (χ4v) is 4.89. The summed E-state index contributed by atoms with van der Waals surface area (Å²) in [6, 6.07) is 4.37. The van der Waals surface area contributed by atoms with Gasteiger partial charge in [-0.1, -0.05) is 26.2 Å². The summed E-state index contributed by atoms with van der Waals surface area (Å²) in [5.74, 6) is 1.24. The van der Waals surface area contributed by atoms with Crippen molar-refractivity contribution >= 4 is 0 Å². The van der Waals surface area contributed by atoms with E-state index < -0.39 is 17.2 Å². The zero-order valence-corrected chi connectivity index (χ0v) is 13.8. The van der Waals surface area contributed by atoms with Crippen LogP contribution in [0.15, 0.2) is 12.1 Å². The number of halogens is 2. The molecule has 0 bridgehead atoms. The molecule has 0 aliphatic heterocycles. The zero-order chi connectivity index (χ0) is 16.4. The third-order valence-corrected chi connectivity index (χ3v) is 6.07. The van der Waals surface area contributed by atoms with Crippen LogP contribution < -0.4 is 0 Å². The Morgan fingerprint density at radius 3 is 2.35 bits per heavy atom. The first-order valence-electron chi connectivity index (χ1n) is 9.01. The fourth-order valence-electron chi connectivity index (χ4n) is 4.89. The van der Waals surface area contributed by atoms with Gasteiger partial charge >= 0.3 is 0 Å². The van der Waals surface area contributed by atoms with Crippen molar-refractivity contribution in [3.8, 4) is 6.07 Å². The van der Waals surface area contributed by atoms with Gasteiger partial charge in [-0.2, -0.15) is 5.26 Å². The average Bonchev–Trinajstić information content (AvgIpc) is 2.54. The van der Waals surface area contributed by atoms with E-state index in [0.717, 1.165) is 30.2 Å². The molecule has 23 heavy (non-hydrogen) atoms. The minimum Gasteiger partial charge on any atom is -0.205 e. The van der Waals surface area contributed by atoms with Crippen LogP contribution in [0.3, 0.4) is 0 Å². The third kappa shape index (κ3) is 3.42. The first-order valence-corrected chi connectivity index (χ1v) is 9.01. The lowest BCUT2D eigenvalue weighted by atomic mass is 9.63. The molecule has 4 atom stereocenters. The van der Waals surface area contributed by atoms with E-state index in [1.54, 1.807) is 6.07 Å². The number of hydrogen-bond acceptors (Lipinski definition) is 1. The van der Waals surface area contributed by atoms with Gasteiger partial charge in [-0.3, -0.25) is 0 Å². The summed E-state index contributed by atoms with van der Waals surface area (Å²) in [7, 11) is 0. The number of benzene rings is 1. The van der Waals surface area contributed by atoms with Crippen LogP contribution in [-0.2, 0) is 0 Å². The first kappa shape index (κ1) is 16.4. The lowest BCUT2D eigenvalue weighted by molar-refractivity contribution is 0.114. The minimum atomic E-state index is -0.712. The molecule has 0 amide bonds. The van der Waals surface area contributed by atoms with Gasteiger partial charge in [0.25, 0.3) is 0 Å². The van der Waals surface area contributed by atoms with Crippen molar-refractivity contribution in [2.45, 2.75) is 64.2 Å². The Bertz CT molecular complexity index is 581. The molecule has 0 aromatic heterocycles. The van der Waals surface area contributed by atoms with Gasteiger partial charge < -0.3 is 0 Å². The average molecular weight is 317 g/mol. The molecule has 1 aromatic rings. The van der Waals surface area contributed by atoms with E-state index in [4.69, 9.17) is 5.26 Å². The van der Waals surface area contributed by atoms with Crippen molar-refractivity contribution in [2.75, 3.05) is 0 Å². The molecule has 2 saturated carbocycles. The molecule has 2 fully saturated rings. The molecular formula is C20H25F2N. The molecule has 0 N–H and O–H groups in total. The Hall–Kier alpha value is -1.43. The Labute approximate surface area is 137 Å². The quantitative estimate of drug-likeness (QED) is 0.677. The molecule has 0 heterocycles. The van der Waals surface area contributed by atoms with Gasteiger partial charge in [0.15, 0.2) is 0 Å². The molecule has 0 radical (unpaired) electrons. The van der Waals surface area contributed by atoms with Crippen molar-refractivity contribution in [2.24, 2.45) is 17.8 Å². The van der Waals surface area contributed by atoms with Crippen LogP contribution in [0.4, 0.5) is 8.78 Å². The largest absolute Gasteiger partial charge is 0.205 e. The molecule has 1 nitrogen and oxygen atoms in total. The van der Waals surface area contributed by atoms with Gasteiger partial charge in [0.05, 0.1) is 0 Å². The van der Waals surface area contributed by atoms with Crippen LogP contribution in [0.5, 0.6) is 0 Å². The maximum Gasteiger partial charge on any atom is 0.144 e. The third-order valence-electron chi connectivity index (χ3n) is 6.07. The number of hydrogen-bond donors (Lipinski definition) is 0. The molecular weight excluding hydrogens is 292 g/mol. The van der Waals surface area contributed by atoms with Gasteiger partial charge in [0.1, 0.15) is 23.3 Å². The van der Waals surface area contributed by atoms with Gasteiger partial charge in [-0.15, -0.1) is 0 Å². The summed E-state index contributed by atoms with van der Waals surface area (Å²) >= 11 is 0. The van der Waals surface area contributed by atoms with Crippen LogP contribution in [0.2, 0.25) is 0 Å². The van der Waals surface area contributed by atoms with Gasteiger partial charge in [-0.25, -0.2) is 8.78 Å². The highest BCUT2D eigenvalue weighted by Crippen LogP contribution is 2.48. The van der Waals surface area contributed by atoms with Crippen LogP contribution in [0.25, 0.3) is 0 Å². The summed E-state index contributed by atoms with van der Waals surface area (Å²) < 4.78 is 27.7. The second-order valence-corrected chi connectivity index (χ2v) is 7.47. The van der Waals surface area contributed by atoms with Crippen molar-refractivity contribution in [1.82, 2.24) is 0 Å². The Kier molecular flexibility index (Phi) is 4.99. The molecule has 3 rings (SSSR count). The lowest BCUT2D eigenvalue weighted by Crippen LogP contribution is -2.30. The molecule has 2 aliphatic carbocycles. The van der Waals surface area contributed by atoms with Gasteiger partial charge in [0.2, 0.25) is 0 Å². The highest BCUT2D eigenvalue weighted by Gasteiger charge is 2.36. The van der Waals surface area contributed by atoms with E-state index in [2.05, 4.69) is 6.92 Å². The maximum atomic E-state index is 13.9.